The molecule has 4 aliphatic rings. The van der Waals surface area contributed by atoms with E-state index < -0.39 is 0 Å². The zero-order chi connectivity index (χ0) is 18.3. The first-order valence-electron chi connectivity index (χ1n) is 10.3. The van der Waals surface area contributed by atoms with E-state index in [1.807, 2.05) is 12.2 Å². The molecule has 0 aromatic heterocycles. The van der Waals surface area contributed by atoms with Gasteiger partial charge in [-0.3, -0.25) is 4.79 Å². The van der Waals surface area contributed by atoms with Crippen LogP contribution < -0.4 is 0 Å². The van der Waals surface area contributed by atoms with E-state index in [0.717, 1.165) is 44.8 Å². The molecule has 0 radical (unpaired) electrons. The fraction of sp³-hybridized carbons (Fsp3) is 0.652. The van der Waals surface area contributed by atoms with Crippen LogP contribution in [0.15, 0.2) is 35.1 Å². The van der Waals surface area contributed by atoms with Gasteiger partial charge in [0.05, 0.1) is 0 Å². The van der Waals surface area contributed by atoms with E-state index in [4.69, 9.17) is 0 Å². The van der Waals surface area contributed by atoms with Crippen LogP contribution in [0, 0.1) is 29.1 Å². The molecular formula is C23H30O3. The Morgan fingerprint density at radius 1 is 1.31 bits per heavy atom. The second-order valence-corrected chi connectivity index (χ2v) is 9.00. The molecule has 0 bridgehead atoms. The number of fused-ring (bicyclic) bond motifs is 4. The third kappa shape index (κ3) is 2.80. The highest BCUT2D eigenvalue weighted by Crippen LogP contribution is 2.61. The quantitative estimate of drug-likeness (QED) is 0.565. The van der Waals surface area contributed by atoms with Gasteiger partial charge < -0.3 is 9.90 Å². The minimum absolute atomic E-state index is 0.153. The van der Waals surface area contributed by atoms with Crippen LogP contribution in [0.2, 0.25) is 0 Å². The van der Waals surface area contributed by atoms with Gasteiger partial charge in [-0.05, 0) is 86.3 Å². The second-order valence-electron chi connectivity index (χ2n) is 9.00. The highest BCUT2D eigenvalue weighted by atomic mass is 16.3. The lowest BCUT2D eigenvalue weighted by Crippen LogP contribution is -2.45. The molecule has 0 amide bonds. The number of carbonyl (C=O) groups is 2. The molecule has 2 saturated carbocycles. The van der Waals surface area contributed by atoms with E-state index in [0.29, 0.717) is 48.1 Å². The summed E-state index contributed by atoms with van der Waals surface area (Å²) in [7, 11) is 0. The lowest BCUT2D eigenvalue weighted by Gasteiger charge is -2.50. The van der Waals surface area contributed by atoms with Gasteiger partial charge in [0.1, 0.15) is 17.8 Å². The fourth-order valence-electron chi connectivity index (χ4n) is 6.54. The van der Waals surface area contributed by atoms with Crippen molar-refractivity contribution >= 4 is 12.1 Å². The second kappa shape index (κ2) is 6.83. The Balaban J connectivity index is 1.62. The maximum atomic E-state index is 12.9. The molecule has 4 rings (SSSR count). The number of aldehydes is 1. The molecule has 0 aromatic carbocycles. The number of hydrogen-bond acceptors (Lipinski definition) is 3. The van der Waals surface area contributed by atoms with Crippen LogP contribution in [0.5, 0.6) is 0 Å². The number of hydrogen-bond donors (Lipinski definition) is 1. The zero-order valence-electron chi connectivity index (χ0n) is 15.7. The normalized spacial score (nSPS) is 39.0. The molecule has 0 spiro atoms. The molecular weight excluding hydrogens is 324 g/mol. The van der Waals surface area contributed by atoms with Crippen LogP contribution in [-0.4, -0.2) is 17.2 Å². The van der Waals surface area contributed by atoms with Gasteiger partial charge in [0.15, 0.2) is 0 Å². The van der Waals surface area contributed by atoms with Crippen LogP contribution in [0.1, 0.15) is 64.7 Å². The molecule has 0 aliphatic heterocycles. The van der Waals surface area contributed by atoms with Gasteiger partial charge >= 0.3 is 0 Å². The molecule has 3 heteroatoms. The molecule has 140 valence electrons. The number of aliphatic hydroxyl groups is 1. The van der Waals surface area contributed by atoms with Crippen LogP contribution in [0.4, 0.5) is 0 Å². The molecule has 5 unspecified atom stereocenters. The van der Waals surface area contributed by atoms with Gasteiger partial charge in [0.25, 0.3) is 0 Å². The number of Topliss-reactive ketones (excluding diaryl/α,β-unsaturated/α-hetero) is 1. The van der Waals surface area contributed by atoms with Crippen LogP contribution in [0.3, 0.4) is 0 Å². The third-order valence-electron chi connectivity index (χ3n) is 7.76. The zero-order valence-corrected chi connectivity index (χ0v) is 15.7. The van der Waals surface area contributed by atoms with E-state index in [-0.39, 0.29) is 5.41 Å². The third-order valence-corrected chi connectivity index (χ3v) is 7.76. The maximum Gasteiger partial charge on any atom is 0.139 e. The standard InChI is InChI=1S/C23H30O3/c1-23-12-11-19-18-10-8-17(25)7-5-15(18)6-9-20(19)22(23)16(14-21(23)26)4-2-3-13-24/h7-8,10,13,16,19-20,22,25H,2-6,9,11-12,14H2,1H3. The van der Waals surface area contributed by atoms with Gasteiger partial charge in [0.2, 0.25) is 0 Å². The molecule has 0 aromatic rings. The molecule has 2 fully saturated rings. The van der Waals surface area contributed by atoms with Gasteiger partial charge in [-0.15, -0.1) is 0 Å². The number of ketones is 1. The first kappa shape index (κ1) is 17.8. The van der Waals surface area contributed by atoms with Crippen molar-refractivity contribution in [2.45, 2.75) is 64.7 Å². The van der Waals surface area contributed by atoms with Gasteiger partial charge in [-0.2, -0.15) is 0 Å². The average molecular weight is 354 g/mol. The summed E-state index contributed by atoms with van der Waals surface area (Å²) in [5, 5.41) is 9.90. The van der Waals surface area contributed by atoms with Crippen molar-refractivity contribution in [1.82, 2.24) is 0 Å². The Bertz CT molecular complexity index is 698. The summed E-state index contributed by atoms with van der Waals surface area (Å²) >= 11 is 0. The topological polar surface area (TPSA) is 54.4 Å². The first-order valence-corrected chi connectivity index (χ1v) is 10.3. The Kier molecular flexibility index (Phi) is 4.66. The van der Waals surface area contributed by atoms with Crippen molar-refractivity contribution in [1.29, 1.82) is 0 Å². The van der Waals surface area contributed by atoms with Crippen LogP contribution in [-0.2, 0) is 9.59 Å². The average Bonchev–Trinajstić information content (AvgIpc) is 2.77. The van der Waals surface area contributed by atoms with Crippen molar-refractivity contribution in [2.24, 2.45) is 29.1 Å². The number of unbranched alkanes of at least 4 members (excludes halogenated alkanes) is 1. The monoisotopic (exact) mass is 354 g/mol. The summed E-state index contributed by atoms with van der Waals surface area (Å²) in [6, 6.07) is 0. The van der Waals surface area contributed by atoms with E-state index >= 15 is 0 Å². The van der Waals surface area contributed by atoms with Crippen molar-refractivity contribution < 1.29 is 14.7 Å². The maximum absolute atomic E-state index is 12.9. The smallest absolute Gasteiger partial charge is 0.139 e. The summed E-state index contributed by atoms with van der Waals surface area (Å²) in [6.07, 6.45) is 15.4. The van der Waals surface area contributed by atoms with E-state index in [9.17, 15) is 14.7 Å². The first-order chi connectivity index (χ1) is 12.5. The predicted molar refractivity (Wildman–Crippen MR) is 102 cm³/mol. The molecule has 26 heavy (non-hydrogen) atoms. The van der Waals surface area contributed by atoms with E-state index in [2.05, 4.69) is 13.0 Å². The van der Waals surface area contributed by atoms with Crippen LogP contribution in [0.25, 0.3) is 0 Å². The molecule has 0 heterocycles. The summed E-state index contributed by atoms with van der Waals surface area (Å²) < 4.78 is 0. The number of aliphatic hydroxyl groups excluding tert-OH is 1. The Labute approximate surface area is 156 Å². The number of rotatable bonds is 4. The lowest BCUT2D eigenvalue weighted by molar-refractivity contribution is -0.129. The number of allylic oxidation sites excluding steroid dienone is 5. The minimum atomic E-state index is -0.153. The summed E-state index contributed by atoms with van der Waals surface area (Å²) in [4.78, 5) is 23.6. The summed E-state index contributed by atoms with van der Waals surface area (Å²) in [5.41, 5.74) is 2.77. The van der Waals surface area contributed by atoms with E-state index in [1.54, 1.807) is 0 Å². The van der Waals surface area contributed by atoms with Crippen molar-refractivity contribution in [3.63, 3.8) is 0 Å². The molecule has 0 saturated heterocycles. The lowest BCUT2D eigenvalue weighted by atomic mass is 9.53. The van der Waals surface area contributed by atoms with Gasteiger partial charge in [-0.25, -0.2) is 0 Å². The SMILES string of the molecule is CC12CCC3C4=C(CC=C(O)C=C4)CCC3C1C(CCCC=O)CC2=O. The van der Waals surface area contributed by atoms with Crippen molar-refractivity contribution in [2.75, 3.05) is 0 Å². The Hall–Kier alpha value is -1.64. The molecule has 4 aliphatic carbocycles. The fourth-order valence-corrected chi connectivity index (χ4v) is 6.54. The molecule has 5 atom stereocenters. The Morgan fingerprint density at radius 2 is 2.15 bits per heavy atom. The van der Waals surface area contributed by atoms with Gasteiger partial charge in [0, 0.05) is 18.3 Å². The van der Waals surface area contributed by atoms with Crippen molar-refractivity contribution in [3.8, 4) is 0 Å². The van der Waals surface area contributed by atoms with Crippen molar-refractivity contribution in [3.05, 3.63) is 35.1 Å². The Morgan fingerprint density at radius 3 is 2.96 bits per heavy atom. The summed E-state index contributed by atoms with van der Waals surface area (Å²) in [6.45, 7) is 2.22. The largest absolute Gasteiger partial charge is 0.508 e. The predicted octanol–water partition coefficient (Wildman–Crippen LogP) is 5.09. The minimum Gasteiger partial charge on any atom is -0.508 e. The summed E-state index contributed by atoms with van der Waals surface area (Å²) in [5.74, 6) is 2.86. The highest BCUT2D eigenvalue weighted by Gasteiger charge is 2.58. The number of carbonyl (C=O) groups excluding carboxylic acids is 2. The highest BCUT2D eigenvalue weighted by molar-refractivity contribution is 5.87. The molecule has 1 N–H and O–H groups in total. The van der Waals surface area contributed by atoms with Crippen LogP contribution >= 0.6 is 0 Å². The molecule has 3 nitrogen and oxygen atoms in total. The van der Waals surface area contributed by atoms with Gasteiger partial charge in [-0.1, -0.05) is 18.6 Å². The van der Waals surface area contributed by atoms with E-state index in [1.165, 1.54) is 17.6 Å².